The lowest BCUT2D eigenvalue weighted by atomic mass is 10.2. The highest BCUT2D eigenvalue weighted by molar-refractivity contribution is 8.00. The second-order valence-electron chi connectivity index (χ2n) is 6.26. The van der Waals surface area contributed by atoms with Crippen molar-refractivity contribution in [3.05, 3.63) is 63.5 Å². The van der Waals surface area contributed by atoms with Crippen molar-refractivity contribution in [2.45, 2.75) is 23.4 Å². The summed E-state index contributed by atoms with van der Waals surface area (Å²) in [5.74, 6) is -0.0387. The van der Waals surface area contributed by atoms with E-state index in [4.69, 9.17) is 20.9 Å². The molecule has 0 saturated heterocycles. The number of methoxy groups -OCH3 is 1. The summed E-state index contributed by atoms with van der Waals surface area (Å²) < 4.78 is 50.0. The molecular weight excluding hydrogens is 459 g/mol. The predicted octanol–water partition coefficient (Wildman–Crippen LogP) is 4.04. The lowest BCUT2D eigenvalue weighted by Crippen LogP contribution is -2.37. The SMILES string of the molecule is COc1ccc(-[n+]2[nH]oc(=O)c2SC(C)C(=O)Nc2cc(C(F)(F)F)ccc2Cl)cc1. The number of thioether (sulfide) groups is 1. The molecule has 0 bridgehead atoms. The number of carbonyl (C=O) groups excluding carboxylic acids is 1. The zero-order valence-corrected chi connectivity index (χ0v) is 17.7. The van der Waals surface area contributed by atoms with Crippen molar-refractivity contribution in [2.75, 3.05) is 12.4 Å². The summed E-state index contributed by atoms with van der Waals surface area (Å²) in [4.78, 5) is 24.7. The maximum atomic E-state index is 12.9. The van der Waals surface area contributed by atoms with Gasteiger partial charge in [-0.05, 0) is 59.0 Å². The highest BCUT2D eigenvalue weighted by Gasteiger charge is 2.32. The van der Waals surface area contributed by atoms with Crippen molar-refractivity contribution in [1.29, 1.82) is 0 Å². The molecule has 2 N–H and O–H groups in total. The molecule has 0 aliphatic heterocycles. The molecule has 0 aliphatic carbocycles. The van der Waals surface area contributed by atoms with Crippen LogP contribution in [0.4, 0.5) is 18.9 Å². The highest BCUT2D eigenvalue weighted by atomic mass is 35.5. The van der Waals surface area contributed by atoms with Crippen LogP contribution in [0, 0.1) is 0 Å². The Morgan fingerprint density at radius 1 is 1.26 bits per heavy atom. The first-order chi connectivity index (χ1) is 14.6. The van der Waals surface area contributed by atoms with E-state index in [-0.39, 0.29) is 15.7 Å². The van der Waals surface area contributed by atoms with E-state index >= 15 is 0 Å². The number of ether oxygens (including phenoxy) is 1. The second-order valence-corrected chi connectivity index (χ2v) is 8.00. The number of carbonyl (C=O) groups is 1. The summed E-state index contributed by atoms with van der Waals surface area (Å²) in [5, 5.41) is 3.97. The number of aromatic amines is 1. The number of nitrogens with zero attached hydrogens (tertiary/aromatic N) is 1. The third-order valence-electron chi connectivity index (χ3n) is 4.15. The van der Waals surface area contributed by atoms with Crippen LogP contribution in [0.2, 0.25) is 5.02 Å². The summed E-state index contributed by atoms with van der Waals surface area (Å²) in [7, 11) is 1.51. The zero-order chi connectivity index (χ0) is 22.8. The number of anilines is 1. The Hall–Kier alpha value is -2.92. The van der Waals surface area contributed by atoms with Gasteiger partial charge in [-0.25, -0.2) is 4.79 Å². The van der Waals surface area contributed by atoms with Crippen LogP contribution in [-0.2, 0) is 11.0 Å². The van der Waals surface area contributed by atoms with Crippen LogP contribution < -0.4 is 20.4 Å². The van der Waals surface area contributed by atoms with Gasteiger partial charge in [0.2, 0.25) is 11.6 Å². The summed E-state index contributed by atoms with van der Waals surface area (Å²) in [6.07, 6.45) is -4.58. The van der Waals surface area contributed by atoms with Gasteiger partial charge in [0, 0.05) is 12.1 Å². The minimum atomic E-state index is -4.58. The molecule has 1 amide bonds. The number of hydrogen-bond donors (Lipinski definition) is 2. The number of nitrogens with one attached hydrogen (secondary N) is 2. The number of H-pyrrole nitrogens is 1. The molecule has 0 radical (unpaired) electrons. The molecule has 7 nitrogen and oxygen atoms in total. The smallest absolute Gasteiger partial charge is 0.442 e. The maximum absolute atomic E-state index is 12.9. The molecule has 0 saturated carbocycles. The Labute approximate surface area is 183 Å². The molecule has 0 spiro atoms. The molecule has 1 unspecified atom stereocenters. The molecule has 31 heavy (non-hydrogen) atoms. The largest absolute Gasteiger partial charge is 0.497 e. The Morgan fingerprint density at radius 3 is 2.55 bits per heavy atom. The van der Waals surface area contributed by atoms with Crippen molar-refractivity contribution in [3.63, 3.8) is 0 Å². The first kappa shape index (κ1) is 22.8. The zero-order valence-electron chi connectivity index (χ0n) is 16.1. The fourth-order valence-corrected chi connectivity index (χ4v) is 3.57. The van der Waals surface area contributed by atoms with Gasteiger partial charge in [0.05, 0.1) is 28.6 Å². The van der Waals surface area contributed by atoms with Crippen LogP contribution in [0.25, 0.3) is 5.69 Å². The van der Waals surface area contributed by atoms with Crippen LogP contribution >= 0.6 is 23.4 Å². The van der Waals surface area contributed by atoms with E-state index in [2.05, 4.69) is 10.6 Å². The van der Waals surface area contributed by atoms with Gasteiger partial charge in [0.1, 0.15) is 5.75 Å². The minimum absolute atomic E-state index is 0.0481. The molecule has 12 heteroatoms. The first-order valence-corrected chi connectivity index (χ1v) is 9.98. The Kier molecular flexibility index (Phi) is 6.65. The van der Waals surface area contributed by atoms with E-state index in [1.165, 1.54) is 18.7 Å². The van der Waals surface area contributed by atoms with E-state index in [0.717, 1.165) is 30.0 Å². The van der Waals surface area contributed by atoms with Gasteiger partial charge in [-0.15, -0.1) is 0 Å². The number of rotatable bonds is 6. The summed E-state index contributed by atoms with van der Waals surface area (Å²) in [6, 6.07) is 9.31. The second kappa shape index (κ2) is 9.06. The molecule has 3 aromatic rings. The average Bonchev–Trinajstić information content (AvgIpc) is 3.09. The minimum Gasteiger partial charge on any atom is -0.497 e. The van der Waals surface area contributed by atoms with Gasteiger partial charge in [-0.2, -0.15) is 13.2 Å². The van der Waals surface area contributed by atoms with Crippen molar-refractivity contribution in [3.8, 4) is 11.4 Å². The molecule has 0 fully saturated rings. The standard InChI is InChI=1S/C19H15ClF3N3O4S/c1-10(16(27)24-15-9-11(19(21,22)23)3-8-14(15)20)31-17-18(28)30-25-26(17)12-4-6-13(29-2)7-5-12/h3-10H,1-2H3,(H-,24,25,27,28)/p+1. The van der Waals surface area contributed by atoms with Crippen LogP contribution in [0.15, 0.2) is 56.8 Å². The summed E-state index contributed by atoms with van der Waals surface area (Å²) >= 11 is 6.79. The monoisotopic (exact) mass is 474 g/mol. The first-order valence-electron chi connectivity index (χ1n) is 8.72. The van der Waals surface area contributed by atoms with Gasteiger partial charge in [0.15, 0.2) is 0 Å². The number of hydrogen-bond acceptors (Lipinski definition) is 5. The topological polar surface area (TPSA) is 88.2 Å². The molecule has 1 atom stereocenters. The molecular formula is C19H16ClF3N3O4S+. The fraction of sp³-hybridized carbons (Fsp3) is 0.211. The molecule has 3 rings (SSSR count). The van der Waals surface area contributed by atoms with Crippen molar-refractivity contribution >= 4 is 35.0 Å². The lowest BCUT2D eigenvalue weighted by Gasteiger charge is -2.13. The Bertz CT molecular complexity index is 1150. The summed E-state index contributed by atoms with van der Waals surface area (Å²) in [5.41, 5.74) is -1.30. The number of benzene rings is 2. The third-order valence-corrected chi connectivity index (χ3v) is 5.62. The number of amides is 1. The number of halogens is 4. The van der Waals surface area contributed by atoms with E-state index < -0.39 is 28.5 Å². The van der Waals surface area contributed by atoms with E-state index in [0.29, 0.717) is 11.4 Å². The maximum Gasteiger partial charge on any atom is 0.442 e. The third kappa shape index (κ3) is 5.23. The molecule has 1 heterocycles. The van der Waals surface area contributed by atoms with Gasteiger partial charge >= 0.3 is 16.8 Å². The van der Waals surface area contributed by atoms with E-state index in [1.807, 2.05) is 0 Å². The van der Waals surface area contributed by atoms with Crippen molar-refractivity contribution < 1.29 is 31.9 Å². The van der Waals surface area contributed by atoms with Gasteiger partial charge in [-0.1, -0.05) is 11.6 Å². The van der Waals surface area contributed by atoms with Crippen molar-refractivity contribution in [2.24, 2.45) is 0 Å². The average molecular weight is 475 g/mol. The number of alkyl halides is 3. The molecule has 1 aromatic heterocycles. The molecule has 0 aliphatic rings. The Morgan fingerprint density at radius 2 is 1.94 bits per heavy atom. The molecule has 2 aromatic carbocycles. The normalized spacial score (nSPS) is 12.5. The molecule has 164 valence electrons. The van der Waals surface area contributed by atoms with Crippen LogP contribution in [0.1, 0.15) is 12.5 Å². The van der Waals surface area contributed by atoms with Gasteiger partial charge < -0.3 is 10.1 Å². The fourth-order valence-electron chi connectivity index (χ4n) is 2.52. The van der Waals surface area contributed by atoms with Gasteiger partial charge in [-0.3, -0.25) is 9.32 Å². The highest BCUT2D eigenvalue weighted by Crippen LogP contribution is 2.34. The summed E-state index contributed by atoms with van der Waals surface area (Å²) in [6.45, 7) is 1.49. The van der Waals surface area contributed by atoms with E-state index in [9.17, 15) is 22.8 Å². The lowest BCUT2D eigenvalue weighted by molar-refractivity contribution is -0.704. The quantitative estimate of drug-likeness (QED) is 0.416. The van der Waals surface area contributed by atoms with Crippen LogP contribution in [0.3, 0.4) is 0 Å². The van der Waals surface area contributed by atoms with Crippen LogP contribution in [-0.4, -0.2) is 23.5 Å². The Balaban J connectivity index is 1.79. The van der Waals surface area contributed by atoms with Crippen LogP contribution in [0.5, 0.6) is 5.75 Å². The van der Waals surface area contributed by atoms with Crippen molar-refractivity contribution in [1.82, 2.24) is 5.27 Å². The van der Waals surface area contributed by atoms with E-state index in [1.54, 1.807) is 24.3 Å². The number of aromatic nitrogens is 2. The van der Waals surface area contributed by atoms with Gasteiger partial charge in [0.25, 0.3) is 0 Å². The predicted molar refractivity (Wildman–Crippen MR) is 108 cm³/mol.